The number of halogens is 2. The van der Waals surface area contributed by atoms with Gasteiger partial charge in [0, 0.05) is 18.1 Å². The van der Waals surface area contributed by atoms with Crippen molar-refractivity contribution in [1.29, 1.82) is 0 Å². The molecule has 0 heterocycles. The number of rotatable bonds is 6. The molecule has 1 aromatic carbocycles. The van der Waals surface area contributed by atoms with Crippen molar-refractivity contribution in [2.75, 3.05) is 32.1 Å². The SMILES string of the molecule is CCC(CNC)CN(C)c1cc(Br)ccc1F. The second-order valence-electron chi connectivity index (χ2n) is 4.31. The van der Waals surface area contributed by atoms with Crippen LogP contribution in [0.25, 0.3) is 0 Å². The van der Waals surface area contributed by atoms with Crippen molar-refractivity contribution in [2.24, 2.45) is 5.92 Å². The lowest BCUT2D eigenvalue weighted by atomic mass is 10.1. The molecule has 0 radical (unpaired) electrons. The van der Waals surface area contributed by atoms with Gasteiger partial charge in [0.2, 0.25) is 0 Å². The molecule has 0 aliphatic carbocycles. The van der Waals surface area contributed by atoms with Gasteiger partial charge in [-0.3, -0.25) is 0 Å². The summed E-state index contributed by atoms with van der Waals surface area (Å²) >= 11 is 3.37. The van der Waals surface area contributed by atoms with E-state index in [9.17, 15) is 4.39 Å². The van der Waals surface area contributed by atoms with E-state index in [0.717, 1.165) is 24.0 Å². The summed E-state index contributed by atoms with van der Waals surface area (Å²) in [5, 5.41) is 3.17. The minimum Gasteiger partial charge on any atom is -0.372 e. The van der Waals surface area contributed by atoms with Crippen LogP contribution in [0.15, 0.2) is 22.7 Å². The number of anilines is 1. The van der Waals surface area contributed by atoms with Crippen LogP contribution in [0, 0.1) is 11.7 Å². The van der Waals surface area contributed by atoms with E-state index in [2.05, 4.69) is 28.2 Å². The maximum atomic E-state index is 13.7. The molecule has 0 fully saturated rings. The van der Waals surface area contributed by atoms with Crippen LogP contribution >= 0.6 is 15.9 Å². The molecule has 1 unspecified atom stereocenters. The molecule has 0 aliphatic rings. The predicted molar refractivity (Wildman–Crippen MR) is 75.1 cm³/mol. The Kier molecular flexibility index (Phi) is 5.92. The first-order chi connectivity index (χ1) is 8.08. The standard InChI is InChI=1S/C13H20BrFN2/c1-4-10(8-16-2)9-17(3)13-7-11(14)5-6-12(13)15/h5-7,10,16H,4,8-9H2,1-3H3. The summed E-state index contributed by atoms with van der Waals surface area (Å²) in [6, 6.07) is 5.04. The van der Waals surface area contributed by atoms with Crippen LogP contribution in [0.3, 0.4) is 0 Å². The van der Waals surface area contributed by atoms with Gasteiger partial charge in [-0.15, -0.1) is 0 Å². The van der Waals surface area contributed by atoms with Crippen molar-refractivity contribution < 1.29 is 4.39 Å². The molecule has 0 bridgehead atoms. The largest absolute Gasteiger partial charge is 0.372 e. The van der Waals surface area contributed by atoms with Gasteiger partial charge in [0.15, 0.2) is 0 Å². The van der Waals surface area contributed by atoms with E-state index in [1.165, 1.54) is 6.07 Å². The number of hydrogen-bond acceptors (Lipinski definition) is 2. The molecule has 1 aromatic rings. The third kappa shape index (κ3) is 4.28. The van der Waals surface area contributed by atoms with Crippen molar-refractivity contribution in [3.8, 4) is 0 Å². The van der Waals surface area contributed by atoms with Gasteiger partial charge in [-0.1, -0.05) is 29.3 Å². The van der Waals surface area contributed by atoms with Crippen LogP contribution in [0.1, 0.15) is 13.3 Å². The molecule has 0 aliphatic heterocycles. The smallest absolute Gasteiger partial charge is 0.146 e. The highest BCUT2D eigenvalue weighted by atomic mass is 79.9. The van der Waals surface area contributed by atoms with Gasteiger partial charge in [0.25, 0.3) is 0 Å². The molecular weight excluding hydrogens is 283 g/mol. The lowest BCUT2D eigenvalue weighted by Crippen LogP contribution is -2.31. The second kappa shape index (κ2) is 6.97. The third-order valence-corrected chi connectivity index (χ3v) is 3.41. The fraction of sp³-hybridized carbons (Fsp3) is 0.538. The van der Waals surface area contributed by atoms with Crippen molar-refractivity contribution in [2.45, 2.75) is 13.3 Å². The number of nitrogens with one attached hydrogen (secondary N) is 1. The summed E-state index contributed by atoms with van der Waals surface area (Å²) in [6.07, 6.45) is 1.08. The first-order valence-corrected chi connectivity index (χ1v) is 6.68. The zero-order valence-electron chi connectivity index (χ0n) is 10.6. The Morgan fingerprint density at radius 1 is 1.47 bits per heavy atom. The Morgan fingerprint density at radius 2 is 2.18 bits per heavy atom. The number of benzene rings is 1. The molecule has 0 amide bonds. The molecule has 1 rings (SSSR count). The van der Waals surface area contributed by atoms with Crippen LogP contribution < -0.4 is 10.2 Å². The summed E-state index contributed by atoms with van der Waals surface area (Å²) in [5.74, 6) is 0.360. The average molecular weight is 303 g/mol. The predicted octanol–water partition coefficient (Wildman–Crippen LogP) is 3.27. The van der Waals surface area contributed by atoms with Gasteiger partial charge in [-0.2, -0.15) is 0 Å². The average Bonchev–Trinajstić information content (AvgIpc) is 2.31. The molecule has 0 saturated carbocycles. The minimum atomic E-state index is -0.171. The van der Waals surface area contributed by atoms with Crippen molar-refractivity contribution in [3.05, 3.63) is 28.5 Å². The van der Waals surface area contributed by atoms with Gasteiger partial charge in [0.05, 0.1) is 5.69 Å². The lowest BCUT2D eigenvalue weighted by molar-refractivity contribution is 0.481. The Balaban J connectivity index is 2.74. The van der Waals surface area contributed by atoms with E-state index in [4.69, 9.17) is 0 Å². The quantitative estimate of drug-likeness (QED) is 0.867. The third-order valence-electron chi connectivity index (χ3n) is 2.92. The van der Waals surface area contributed by atoms with Gasteiger partial charge in [-0.25, -0.2) is 4.39 Å². The van der Waals surface area contributed by atoms with Crippen LogP contribution in [-0.2, 0) is 0 Å². The highest BCUT2D eigenvalue weighted by Crippen LogP contribution is 2.23. The van der Waals surface area contributed by atoms with E-state index in [-0.39, 0.29) is 5.82 Å². The van der Waals surface area contributed by atoms with Crippen molar-refractivity contribution >= 4 is 21.6 Å². The van der Waals surface area contributed by atoms with Crippen LogP contribution in [0.2, 0.25) is 0 Å². The fourth-order valence-electron chi connectivity index (χ4n) is 1.89. The van der Waals surface area contributed by atoms with Crippen LogP contribution in [0.4, 0.5) is 10.1 Å². The maximum Gasteiger partial charge on any atom is 0.146 e. The second-order valence-corrected chi connectivity index (χ2v) is 5.22. The zero-order valence-corrected chi connectivity index (χ0v) is 12.2. The van der Waals surface area contributed by atoms with E-state index < -0.39 is 0 Å². The van der Waals surface area contributed by atoms with E-state index in [0.29, 0.717) is 11.6 Å². The molecule has 0 saturated heterocycles. The Morgan fingerprint density at radius 3 is 2.76 bits per heavy atom. The van der Waals surface area contributed by atoms with Crippen LogP contribution in [0.5, 0.6) is 0 Å². The molecular formula is C13H20BrFN2. The number of nitrogens with zero attached hydrogens (tertiary/aromatic N) is 1. The monoisotopic (exact) mass is 302 g/mol. The van der Waals surface area contributed by atoms with Gasteiger partial charge in [0.1, 0.15) is 5.82 Å². The summed E-state index contributed by atoms with van der Waals surface area (Å²) in [6.45, 7) is 3.97. The Bertz CT molecular complexity index is 357. The summed E-state index contributed by atoms with van der Waals surface area (Å²) in [7, 11) is 3.88. The molecule has 1 atom stereocenters. The molecule has 2 nitrogen and oxygen atoms in total. The normalized spacial score (nSPS) is 12.5. The lowest BCUT2D eigenvalue weighted by Gasteiger charge is -2.25. The van der Waals surface area contributed by atoms with Crippen molar-refractivity contribution in [3.63, 3.8) is 0 Å². The van der Waals surface area contributed by atoms with Gasteiger partial charge >= 0.3 is 0 Å². The van der Waals surface area contributed by atoms with Crippen molar-refractivity contribution in [1.82, 2.24) is 5.32 Å². The molecule has 17 heavy (non-hydrogen) atoms. The maximum absolute atomic E-state index is 13.7. The summed E-state index contributed by atoms with van der Waals surface area (Å²) in [5.41, 5.74) is 0.647. The summed E-state index contributed by atoms with van der Waals surface area (Å²) < 4.78 is 14.6. The first kappa shape index (κ1) is 14.5. The zero-order chi connectivity index (χ0) is 12.8. The van der Waals surface area contributed by atoms with Gasteiger partial charge < -0.3 is 10.2 Å². The van der Waals surface area contributed by atoms with E-state index in [1.54, 1.807) is 6.07 Å². The highest BCUT2D eigenvalue weighted by molar-refractivity contribution is 9.10. The fourth-order valence-corrected chi connectivity index (χ4v) is 2.24. The highest BCUT2D eigenvalue weighted by Gasteiger charge is 2.12. The topological polar surface area (TPSA) is 15.3 Å². The molecule has 96 valence electrons. The molecule has 0 aromatic heterocycles. The first-order valence-electron chi connectivity index (χ1n) is 5.89. The Labute approximate surface area is 111 Å². The van der Waals surface area contributed by atoms with Crippen LogP contribution in [-0.4, -0.2) is 27.2 Å². The Hall–Kier alpha value is -0.610. The van der Waals surface area contributed by atoms with E-state index in [1.807, 2.05) is 25.1 Å². The molecule has 1 N–H and O–H groups in total. The number of hydrogen-bond donors (Lipinski definition) is 1. The minimum absolute atomic E-state index is 0.171. The summed E-state index contributed by atoms with van der Waals surface area (Å²) in [4.78, 5) is 1.98. The van der Waals surface area contributed by atoms with E-state index >= 15 is 0 Å². The molecule has 4 heteroatoms. The van der Waals surface area contributed by atoms with Gasteiger partial charge in [-0.05, 0) is 37.7 Å². The molecule has 0 spiro atoms.